The molecule has 5 nitrogen and oxygen atoms in total. The SMILES string of the molecule is O=C(c1ccccc1)N1CCCC[C@@H]1c1nc(-c2ccsc2)cc(=O)[nH]1. The number of nitrogens with zero attached hydrogens (tertiary/aromatic N) is 2. The van der Waals surface area contributed by atoms with E-state index >= 15 is 0 Å². The van der Waals surface area contributed by atoms with Crippen LogP contribution in [0.5, 0.6) is 0 Å². The summed E-state index contributed by atoms with van der Waals surface area (Å²) in [7, 11) is 0. The number of piperidine rings is 1. The number of aromatic nitrogens is 2. The number of carbonyl (C=O) groups is 1. The molecular weight excluding hydrogens is 346 g/mol. The minimum absolute atomic E-state index is 0.0149. The first-order chi connectivity index (χ1) is 12.7. The van der Waals surface area contributed by atoms with Gasteiger partial charge in [-0.1, -0.05) is 18.2 Å². The fourth-order valence-corrected chi connectivity index (χ4v) is 4.05. The molecule has 1 aromatic carbocycles. The number of hydrogen-bond acceptors (Lipinski definition) is 4. The van der Waals surface area contributed by atoms with Crippen molar-refractivity contribution in [2.24, 2.45) is 0 Å². The largest absolute Gasteiger partial charge is 0.328 e. The van der Waals surface area contributed by atoms with E-state index in [-0.39, 0.29) is 17.5 Å². The molecule has 1 amide bonds. The van der Waals surface area contributed by atoms with Gasteiger partial charge in [-0.25, -0.2) is 4.98 Å². The van der Waals surface area contributed by atoms with Crippen molar-refractivity contribution >= 4 is 17.2 Å². The lowest BCUT2D eigenvalue weighted by Gasteiger charge is -2.35. The van der Waals surface area contributed by atoms with Crippen LogP contribution in [0, 0.1) is 0 Å². The van der Waals surface area contributed by atoms with Crippen LogP contribution < -0.4 is 5.56 Å². The van der Waals surface area contributed by atoms with Gasteiger partial charge in [0, 0.05) is 29.1 Å². The van der Waals surface area contributed by atoms with Crippen LogP contribution in [0.4, 0.5) is 0 Å². The second-order valence-electron chi connectivity index (χ2n) is 6.40. The fraction of sp³-hybridized carbons (Fsp3) is 0.250. The number of aromatic amines is 1. The quantitative estimate of drug-likeness (QED) is 0.766. The monoisotopic (exact) mass is 365 g/mol. The molecule has 1 N–H and O–H groups in total. The molecule has 0 bridgehead atoms. The summed E-state index contributed by atoms with van der Waals surface area (Å²) in [5.41, 5.74) is 2.06. The Labute approximate surface area is 155 Å². The molecule has 0 aliphatic carbocycles. The average Bonchev–Trinajstić information content (AvgIpc) is 3.22. The van der Waals surface area contributed by atoms with Crippen LogP contribution >= 0.6 is 11.3 Å². The molecule has 6 heteroatoms. The van der Waals surface area contributed by atoms with Gasteiger partial charge in [0.15, 0.2) is 0 Å². The van der Waals surface area contributed by atoms with Crippen molar-refractivity contribution in [2.75, 3.05) is 6.54 Å². The van der Waals surface area contributed by atoms with Crippen molar-refractivity contribution in [1.82, 2.24) is 14.9 Å². The molecule has 0 unspecified atom stereocenters. The molecule has 3 aromatic rings. The number of nitrogens with one attached hydrogen (secondary N) is 1. The first-order valence-corrected chi connectivity index (χ1v) is 9.66. The third-order valence-electron chi connectivity index (χ3n) is 4.68. The summed E-state index contributed by atoms with van der Waals surface area (Å²) in [5.74, 6) is 0.557. The first kappa shape index (κ1) is 16.7. The van der Waals surface area contributed by atoms with E-state index in [1.54, 1.807) is 11.3 Å². The molecule has 1 saturated heterocycles. The Morgan fingerprint density at radius 2 is 2.04 bits per heavy atom. The van der Waals surface area contributed by atoms with Crippen molar-refractivity contribution in [3.8, 4) is 11.3 Å². The Balaban J connectivity index is 1.71. The van der Waals surface area contributed by atoms with Gasteiger partial charge in [-0.2, -0.15) is 11.3 Å². The molecule has 0 saturated carbocycles. The Morgan fingerprint density at radius 3 is 2.81 bits per heavy atom. The fourth-order valence-electron chi connectivity index (χ4n) is 3.40. The number of rotatable bonds is 3. The van der Waals surface area contributed by atoms with Gasteiger partial charge < -0.3 is 9.88 Å². The van der Waals surface area contributed by atoms with E-state index in [2.05, 4.69) is 9.97 Å². The van der Waals surface area contributed by atoms with Crippen LogP contribution in [-0.4, -0.2) is 27.3 Å². The number of carbonyl (C=O) groups excluding carboxylic acids is 1. The second kappa shape index (κ2) is 7.25. The highest BCUT2D eigenvalue weighted by atomic mass is 32.1. The zero-order valence-corrected chi connectivity index (χ0v) is 15.0. The smallest absolute Gasteiger partial charge is 0.254 e. The summed E-state index contributed by atoms with van der Waals surface area (Å²) < 4.78 is 0. The molecule has 0 radical (unpaired) electrons. The number of thiophene rings is 1. The van der Waals surface area contributed by atoms with Gasteiger partial charge in [0.2, 0.25) is 0 Å². The van der Waals surface area contributed by atoms with E-state index < -0.39 is 0 Å². The highest BCUT2D eigenvalue weighted by Crippen LogP contribution is 2.31. The molecule has 1 aliphatic heterocycles. The molecule has 1 fully saturated rings. The highest BCUT2D eigenvalue weighted by molar-refractivity contribution is 7.08. The summed E-state index contributed by atoms with van der Waals surface area (Å²) in [6.07, 6.45) is 2.77. The zero-order valence-electron chi connectivity index (χ0n) is 14.2. The average molecular weight is 365 g/mol. The summed E-state index contributed by atoms with van der Waals surface area (Å²) in [5, 5.41) is 3.93. The molecule has 3 heterocycles. The summed E-state index contributed by atoms with van der Waals surface area (Å²) in [6, 6.07) is 12.5. The summed E-state index contributed by atoms with van der Waals surface area (Å²) in [6.45, 7) is 0.671. The van der Waals surface area contributed by atoms with E-state index in [1.807, 2.05) is 52.1 Å². The topological polar surface area (TPSA) is 66.1 Å². The number of benzene rings is 1. The molecule has 1 aliphatic rings. The molecule has 4 rings (SSSR count). The minimum Gasteiger partial charge on any atom is -0.328 e. The standard InChI is InChI=1S/C20H19N3O2S/c24-18-12-16(15-9-11-26-13-15)21-19(22-18)17-8-4-5-10-23(17)20(25)14-6-2-1-3-7-14/h1-3,6-7,9,11-13,17H,4-5,8,10H2,(H,21,22,24)/t17-/m1/s1. The second-order valence-corrected chi connectivity index (χ2v) is 7.18. The van der Waals surface area contributed by atoms with Crippen LogP contribution in [0.1, 0.15) is 41.5 Å². The Hall–Kier alpha value is -2.73. The number of H-pyrrole nitrogens is 1. The molecule has 132 valence electrons. The predicted octanol–water partition coefficient (Wildman–Crippen LogP) is 3.87. The zero-order chi connectivity index (χ0) is 17.9. The molecule has 2 aromatic heterocycles. The third kappa shape index (κ3) is 3.32. The van der Waals surface area contributed by atoms with E-state index in [0.29, 0.717) is 23.6 Å². The molecular formula is C20H19N3O2S. The van der Waals surface area contributed by atoms with Gasteiger partial charge in [-0.15, -0.1) is 0 Å². The third-order valence-corrected chi connectivity index (χ3v) is 5.36. The van der Waals surface area contributed by atoms with Crippen molar-refractivity contribution in [3.05, 3.63) is 75.0 Å². The molecule has 26 heavy (non-hydrogen) atoms. The van der Waals surface area contributed by atoms with Crippen LogP contribution in [0.15, 0.2) is 58.0 Å². The predicted molar refractivity (Wildman–Crippen MR) is 102 cm³/mol. The van der Waals surface area contributed by atoms with E-state index in [4.69, 9.17) is 0 Å². The Bertz CT molecular complexity index is 951. The normalized spacial score (nSPS) is 17.2. The molecule has 0 spiro atoms. The van der Waals surface area contributed by atoms with Crippen molar-refractivity contribution < 1.29 is 4.79 Å². The van der Waals surface area contributed by atoms with Gasteiger partial charge in [0.05, 0.1) is 11.7 Å². The Morgan fingerprint density at radius 1 is 1.19 bits per heavy atom. The lowest BCUT2D eigenvalue weighted by atomic mass is 9.99. The number of amides is 1. The van der Waals surface area contributed by atoms with E-state index in [1.165, 1.54) is 6.07 Å². The lowest BCUT2D eigenvalue weighted by Crippen LogP contribution is -2.39. The lowest BCUT2D eigenvalue weighted by molar-refractivity contribution is 0.0599. The number of hydrogen-bond donors (Lipinski definition) is 1. The first-order valence-electron chi connectivity index (χ1n) is 8.72. The van der Waals surface area contributed by atoms with Crippen molar-refractivity contribution in [1.29, 1.82) is 0 Å². The summed E-state index contributed by atoms with van der Waals surface area (Å²) in [4.78, 5) is 34.6. The summed E-state index contributed by atoms with van der Waals surface area (Å²) >= 11 is 1.57. The number of likely N-dealkylation sites (tertiary alicyclic amines) is 1. The van der Waals surface area contributed by atoms with Crippen LogP contribution in [0.25, 0.3) is 11.3 Å². The van der Waals surface area contributed by atoms with Gasteiger partial charge in [0.1, 0.15) is 5.82 Å². The van der Waals surface area contributed by atoms with Gasteiger partial charge in [-0.05, 0) is 42.8 Å². The van der Waals surface area contributed by atoms with Crippen molar-refractivity contribution in [2.45, 2.75) is 25.3 Å². The highest BCUT2D eigenvalue weighted by Gasteiger charge is 2.30. The van der Waals surface area contributed by atoms with Crippen LogP contribution in [0.3, 0.4) is 0 Å². The van der Waals surface area contributed by atoms with Crippen molar-refractivity contribution in [3.63, 3.8) is 0 Å². The molecule has 1 atom stereocenters. The van der Waals surface area contributed by atoms with Gasteiger partial charge in [-0.3, -0.25) is 9.59 Å². The maximum Gasteiger partial charge on any atom is 0.254 e. The maximum atomic E-state index is 13.0. The van der Waals surface area contributed by atoms with Crippen LogP contribution in [-0.2, 0) is 0 Å². The van der Waals surface area contributed by atoms with E-state index in [9.17, 15) is 9.59 Å². The van der Waals surface area contributed by atoms with Crippen LogP contribution in [0.2, 0.25) is 0 Å². The van der Waals surface area contributed by atoms with Gasteiger partial charge in [0.25, 0.3) is 11.5 Å². The minimum atomic E-state index is -0.206. The maximum absolute atomic E-state index is 13.0. The van der Waals surface area contributed by atoms with Gasteiger partial charge >= 0.3 is 0 Å². The Kier molecular flexibility index (Phi) is 4.67. The van der Waals surface area contributed by atoms with E-state index in [0.717, 1.165) is 24.8 Å².